The molecule has 0 amide bonds. The molecule has 2 saturated heterocycles. The molecular formula is C12H22O11. The largest absolute Gasteiger partial charge is 0.394 e. The van der Waals surface area contributed by atoms with Gasteiger partial charge in [-0.2, -0.15) is 0 Å². The smallest absolute Gasteiger partial charge is 0.187 e. The second-order valence-electron chi connectivity index (χ2n) is 5.53. The van der Waals surface area contributed by atoms with Gasteiger partial charge in [0.25, 0.3) is 0 Å². The zero-order valence-electron chi connectivity index (χ0n) is 12.0. The maximum atomic E-state index is 9.94. The Morgan fingerprint density at radius 3 is 1.83 bits per heavy atom. The molecule has 0 spiro atoms. The van der Waals surface area contributed by atoms with Gasteiger partial charge in [0.05, 0.1) is 13.2 Å². The fourth-order valence-corrected chi connectivity index (χ4v) is 2.57. The van der Waals surface area contributed by atoms with Crippen LogP contribution in [0, 0.1) is 0 Å². The third-order valence-corrected chi connectivity index (χ3v) is 3.98. The van der Waals surface area contributed by atoms with Crippen molar-refractivity contribution in [2.24, 2.45) is 0 Å². The minimum atomic E-state index is -1.74. The van der Waals surface area contributed by atoms with Crippen LogP contribution in [-0.4, -0.2) is 115 Å². The summed E-state index contributed by atoms with van der Waals surface area (Å²) in [7, 11) is 0. The molecule has 0 saturated carbocycles. The highest BCUT2D eigenvalue weighted by Crippen LogP contribution is 2.28. The Kier molecular flexibility index (Phi) is 6.27. The Hall–Kier alpha value is -0.440. The van der Waals surface area contributed by atoms with Gasteiger partial charge in [-0.3, -0.25) is 0 Å². The molecule has 0 aromatic carbocycles. The van der Waals surface area contributed by atoms with E-state index in [-0.39, 0.29) is 0 Å². The monoisotopic (exact) mass is 342 g/mol. The molecule has 0 unspecified atom stereocenters. The van der Waals surface area contributed by atoms with Crippen LogP contribution in [-0.2, 0) is 14.2 Å². The van der Waals surface area contributed by atoms with Crippen molar-refractivity contribution in [3.05, 3.63) is 0 Å². The first kappa shape index (κ1) is 18.9. The Balaban J connectivity index is 2.11. The Labute approximate surface area is 130 Å². The van der Waals surface area contributed by atoms with Crippen molar-refractivity contribution in [3.8, 4) is 0 Å². The van der Waals surface area contributed by atoms with Crippen LogP contribution in [0.1, 0.15) is 0 Å². The van der Waals surface area contributed by atoms with Crippen molar-refractivity contribution < 1.29 is 55.1 Å². The summed E-state index contributed by atoms with van der Waals surface area (Å²) < 4.78 is 15.3. The SMILES string of the molecule is OC[C@@H]1O[C@H](O[C@H]2[C@@H](O)[C@@H](O)[C@@H](O)O[C@H]2CO)[C@H](O)[C@H](O)[C@@H]1O. The third kappa shape index (κ3) is 3.65. The standard InChI is InChI=1S/C12H22O11/c13-1-3-5(15)6(16)9(19)12(22-3)23-10-4(2-14)21-11(20)8(18)7(10)17/h3-20H,1-2H2/t3-,4-,5+,6+,7-,8+,9+,10+,11-,12+/m0/s1. The highest BCUT2D eigenvalue weighted by atomic mass is 16.7. The van der Waals surface area contributed by atoms with Crippen LogP contribution in [0.4, 0.5) is 0 Å². The molecule has 11 nitrogen and oxygen atoms in total. The van der Waals surface area contributed by atoms with Crippen LogP contribution in [0.5, 0.6) is 0 Å². The summed E-state index contributed by atoms with van der Waals surface area (Å²) in [5, 5.41) is 76.5. The predicted octanol–water partition coefficient (Wildman–Crippen LogP) is -5.40. The minimum Gasteiger partial charge on any atom is -0.394 e. The normalized spacial score (nSPS) is 51.7. The lowest BCUT2D eigenvalue weighted by Gasteiger charge is -2.45. The van der Waals surface area contributed by atoms with E-state index in [4.69, 9.17) is 19.3 Å². The molecule has 10 atom stereocenters. The molecule has 136 valence electrons. The Morgan fingerprint density at radius 2 is 1.26 bits per heavy atom. The van der Waals surface area contributed by atoms with Gasteiger partial charge in [0, 0.05) is 0 Å². The summed E-state index contributed by atoms with van der Waals surface area (Å²) in [4.78, 5) is 0. The average Bonchev–Trinajstić information content (AvgIpc) is 2.55. The van der Waals surface area contributed by atoms with E-state index in [1.807, 2.05) is 0 Å². The number of hydrogen-bond acceptors (Lipinski definition) is 11. The first-order valence-corrected chi connectivity index (χ1v) is 7.08. The molecule has 0 bridgehead atoms. The maximum Gasteiger partial charge on any atom is 0.187 e. The first-order chi connectivity index (χ1) is 10.8. The zero-order valence-corrected chi connectivity index (χ0v) is 12.0. The van der Waals surface area contributed by atoms with Crippen molar-refractivity contribution in [2.75, 3.05) is 13.2 Å². The van der Waals surface area contributed by atoms with Crippen LogP contribution >= 0.6 is 0 Å². The number of rotatable bonds is 4. The van der Waals surface area contributed by atoms with E-state index in [9.17, 15) is 35.7 Å². The summed E-state index contributed by atoms with van der Waals surface area (Å²) in [5.41, 5.74) is 0. The van der Waals surface area contributed by atoms with Crippen LogP contribution in [0.3, 0.4) is 0 Å². The summed E-state index contributed by atoms with van der Waals surface area (Å²) in [6, 6.07) is 0. The van der Waals surface area contributed by atoms with Crippen LogP contribution < -0.4 is 0 Å². The van der Waals surface area contributed by atoms with Gasteiger partial charge >= 0.3 is 0 Å². The lowest BCUT2D eigenvalue weighted by molar-refractivity contribution is -0.355. The number of aliphatic hydroxyl groups excluding tert-OH is 8. The van der Waals surface area contributed by atoms with Gasteiger partial charge < -0.3 is 55.1 Å². The van der Waals surface area contributed by atoms with Crippen molar-refractivity contribution in [3.63, 3.8) is 0 Å². The van der Waals surface area contributed by atoms with Gasteiger partial charge in [-0.25, -0.2) is 0 Å². The van der Waals surface area contributed by atoms with E-state index < -0.39 is 74.6 Å². The predicted molar refractivity (Wildman–Crippen MR) is 68.6 cm³/mol. The second kappa shape index (κ2) is 7.63. The molecule has 2 fully saturated rings. The molecule has 0 aromatic rings. The average molecular weight is 342 g/mol. The van der Waals surface area contributed by atoms with Crippen LogP contribution in [0.25, 0.3) is 0 Å². The highest BCUT2D eigenvalue weighted by molar-refractivity contribution is 4.93. The summed E-state index contributed by atoms with van der Waals surface area (Å²) in [5.74, 6) is 0. The molecule has 8 N–H and O–H groups in total. The summed E-state index contributed by atoms with van der Waals surface area (Å²) in [6.45, 7) is -1.35. The van der Waals surface area contributed by atoms with Crippen molar-refractivity contribution in [1.29, 1.82) is 0 Å². The van der Waals surface area contributed by atoms with Gasteiger partial charge in [0.1, 0.15) is 48.8 Å². The van der Waals surface area contributed by atoms with Gasteiger partial charge in [0.15, 0.2) is 12.6 Å². The minimum absolute atomic E-state index is 0.667. The lowest BCUT2D eigenvalue weighted by Crippen LogP contribution is -2.64. The van der Waals surface area contributed by atoms with E-state index in [2.05, 4.69) is 0 Å². The molecule has 0 aromatic heterocycles. The maximum absolute atomic E-state index is 9.94. The van der Waals surface area contributed by atoms with Crippen LogP contribution in [0.15, 0.2) is 0 Å². The topological polar surface area (TPSA) is 190 Å². The zero-order chi connectivity index (χ0) is 17.3. The van der Waals surface area contributed by atoms with Gasteiger partial charge in [-0.1, -0.05) is 0 Å². The quantitative estimate of drug-likeness (QED) is 0.243. The number of aliphatic hydroxyl groups is 8. The van der Waals surface area contributed by atoms with Gasteiger partial charge in [-0.05, 0) is 0 Å². The fourth-order valence-electron chi connectivity index (χ4n) is 2.57. The lowest BCUT2D eigenvalue weighted by atomic mass is 9.97. The highest BCUT2D eigenvalue weighted by Gasteiger charge is 2.50. The first-order valence-electron chi connectivity index (χ1n) is 7.08. The number of ether oxygens (including phenoxy) is 3. The molecule has 11 heteroatoms. The molecule has 23 heavy (non-hydrogen) atoms. The Bertz CT molecular complexity index is 378. The molecule has 2 heterocycles. The molecule has 2 aliphatic heterocycles. The van der Waals surface area contributed by atoms with E-state index in [1.165, 1.54) is 0 Å². The van der Waals surface area contributed by atoms with E-state index in [0.717, 1.165) is 0 Å². The summed E-state index contributed by atoms with van der Waals surface area (Å²) in [6.07, 6.45) is -15.6. The molecule has 2 rings (SSSR count). The van der Waals surface area contributed by atoms with E-state index in [0.29, 0.717) is 0 Å². The summed E-state index contributed by atoms with van der Waals surface area (Å²) >= 11 is 0. The van der Waals surface area contributed by atoms with Crippen LogP contribution in [0.2, 0.25) is 0 Å². The Morgan fingerprint density at radius 1 is 0.652 bits per heavy atom. The molecule has 0 radical (unpaired) electrons. The third-order valence-electron chi connectivity index (χ3n) is 3.98. The molecule has 0 aliphatic carbocycles. The van der Waals surface area contributed by atoms with E-state index in [1.54, 1.807) is 0 Å². The van der Waals surface area contributed by atoms with Gasteiger partial charge in [0.2, 0.25) is 0 Å². The van der Waals surface area contributed by atoms with Crippen molar-refractivity contribution in [1.82, 2.24) is 0 Å². The van der Waals surface area contributed by atoms with Crippen molar-refractivity contribution in [2.45, 2.75) is 61.4 Å². The van der Waals surface area contributed by atoms with Crippen molar-refractivity contribution >= 4 is 0 Å². The fraction of sp³-hybridized carbons (Fsp3) is 1.00. The molecule has 2 aliphatic rings. The second-order valence-corrected chi connectivity index (χ2v) is 5.53. The van der Waals surface area contributed by atoms with Gasteiger partial charge in [-0.15, -0.1) is 0 Å². The van der Waals surface area contributed by atoms with E-state index >= 15 is 0 Å². The molecular weight excluding hydrogens is 320 g/mol. The number of hydrogen-bond donors (Lipinski definition) is 8.